The monoisotopic (exact) mass is 266 g/mol. The Morgan fingerprint density at radius 1 is 1.00 bits per heavy atom. The maximum absolute atomic E-state index is 2.32. The van der Waals surface area contributed by atoms with Gasteiger partial charge in [-0.3, -0.25) is 0 Å². The Morgan fingerprint density at radius 2 is 1.67 bits per heavy atom. The molecule has 0 aromatic heterocycles. The van der Waals surface area contributed by atoms with Gasteiger partial charge < -0.3 is 0 Å². The van der Waals surface area contributed by atoms with Gasteiger partial charge in [0, 0.05) is 0 Å². The molecule has 0 nitrogen and oxygen atoms in total. The first-order valence-electron chi connectivity index (χ1n) is 6.15. The van der Waals surface area contributed by atoms with Crippen LogP contribution in [0.25, 0.3) is 0 Å². The van der Waals surface area contributed by atoms with E-state index in [1.807, 2.05) is 0 Å². The molecular weight excluding hydrogens is 243 g/mol. The fourth-order valence-corrected chi connectivity index (χ4v) is 2.84. The van der Waals surface area contributed by atoms with Crippen LogP contribution in [0.5, 0.6) is 0 Å². The quantitative estimate of drug-likeness (QED) is 0.694. The molecule has 0 aliphatic rings. The van der Waals surface area contributed by atoms with Crippen LogP contribution in [0.4, 0.5) is 0 Å². The predicted octanol–water partition coefficient (Wildman–Crippen LogP) is 2.63. The first-order valence-corrected chi connectivity index (χ1v) is 7.37. The SMILES string of the molecule is CCCCc1cccc([AsH2])c1CCCC. The van der Waals surface area contributed by atoms with E-state index in [4.69, 9.17) is 0 Å². The number of unbranched alkanes of at least 4 members (excludes halogenated alkanes) is 2. The molecular formula is C14H23As. The van der Waals surface area contributed by atoms with Crippen molar-refractivity contribution >= 4 is 21.2 Å². The molecule has 1 atom stereocenters. The summed E-state index contributed by atoms with van der Waals surface area (Å²) in [5.41, 5.74) is 3.25. The topological polar surface area (TPSA) is 0 Å². The van der Waals surface area contributed by atoms with Gasteiger partial charge in [0.1, 0.15) is 0 Å². The van der Waals surface area contributed by atoms with Crippen molar-refractivity contribution in [2.75, 3.05) is 0 Å². The van der Waals surface area contributed by atoms with Crippen LogP contribution in [0, 0.1) is 0 Å². The van der Waals surface area contributed by atoms with E-state index >= 15 is 0 Å². The molecule has 1 aromatic carbocycles. The molecule has 0 radical (unpaired) electrons. The van der Waals surface area contributed by atoms with Crippen LogP contribution in [-0.2, 0) is 12.8 Å². The van der Waals surface area contributed by atoms with Crippen LogP contribution in [0.3, 0.4) is 0 Å². The van der Waals surface area contributed by atoms with E-state index in [1.165, 1.54) is 38.5 Å². The van der Waals surface area contributed by atoms with E-state index in [-0.39, 0.29) is 0 Å². The Hall–Kier alpha value is -0.222. The van der Waals surface area contributed by atoms with Gasteiger partial charge in [-0.05, 0) is 0 Å². The Balaban J connectivity index is 2.77. The Morgan fingerprint density at radius 3 is 2.33 bits per heavy atom. The number of hydrogen-bond donors (Lipinski definition) is 0. The zero-order valence-electron chi connectivity index (χ0n) is 10.1. The molecule has 84 valence electrons. The van der Waals surface area contributed by atoms with Crippen molar-refractivity contribution in [3.8, 4) is 0 Å². The van der Waals surface area contributed by atoms with Crippen molar-refractivity contribution < 1.29 is 0 Å². The molecule has 0 spiro atoms. The second-order valence-electron chi connectivity index (χ2n) is 4.19. The van der Waals surface area contributed by atoms with Gasteiger partial charge in [0.15, 0.2) is 0 Å². The molecule has 15 heavy (non-hydrogen) atoms. The second kappa shape index (κ2) is 7.12. The van der Waals surface area contributed by atoms with Crippen molar-refractivity contribution in [1.29, 1.82) is 0 Å². The molecule has 0 aliphatic heterocycles. The second-order valence-corrected chi connectivity index (χ2v) is 5.50. The Bertz CT molecular complexity index is 291. The molecule has 0 amide bonds. The summed E-state index contributed by atoms with van der Waals surface area (Å²) in [5, 5.41) is 0. The van der Waals surface area contributed by atoms with Crippen molar-refractivity contribution in [3.05, 3.63) is 29.3 Å². The first-order chi connectivity index (χ1) is 7.29. The molecule has 1 unspecified atom stereocenters. The molecule has 0 N–H and O–H groups in total. The van der Waals surface area contributed by atoms with Crippen LogP contribution < -0.4 is 4.35 Å². The van der Waals surface area contributed by atoms with E-state index in [2.05, 4.69) is 32.0 Å². The molecule has 0 heterocycles. The summed E-state index contributed by atoms with van der Waals surface area (Å²) >= 11 is 1.78. The van der Waals surface area contributed by atoms with Gasteiger partial charge >= 0.3 is 103 Å². The summed E-state index contributed by atoms with van der Waals surface area (Å²) in [7, 11) is 0. The van der Waals surface area contributed by atoms with Gasteiger partial charge in [-0.1, -0.05) is 0 Å². The van der Waals surface area contributed by atoms with Crippen molar-refractivity contribution in [2.45, 2.75) is 52.4 Å². The molecule has 0 bridgehead atoms. The zero-order chi connectivity index (χ0) is 11.1. The first kappa shape index (κ1) is 12.8. The van der Waals surface area contributed by atoms with E-state index in [1.54, 1.807) is 32.3 Å². The average molecular weight is 266 g/mol. The number of hydrogen-bond acceptors (Lipinski definition) is 0. The third-order valence-electron chi connectivity index (χ3n) is 2.89. The van der Waals surface area contributed by atoms with E-state index in [9.17, 15) is 0 Å². The number of rotatable bonds is 6. The fourth-order valence-electron chi connectivity index (χ4n) is 1.91. The third kappa shape index (κ3) is 4.03. The van der Waals surface area contributed by atoms with Gasteiger partial charge in [0.05, 0.1) is 0 Å². The molecule has 0 aliphatic carbocycles. The summed E-state index contributed by atoms with van der Waals surface area (Å²) in [6.07, 6.45) is 7.81. The van der Waals surface area contributed by atoms with Crippen molar-refractivity contribution in [3.63, 3.8) is 0 Å². The predicted molar refractivity (Wildman–Crippen MR) is 71.8 cm³/mol. The fraction of sp³-hybridized carbons (Fsp3) is 0.571. The van der Waals surface area contributed by atoms with Gasteiger partial charge in [-0.2, -0.15) is 0 Å². The standard InChI is InChI=1S/C14H23As/c1-3-5-8-12-9-7-11-14(15)13(12)10-6-4-2/h7,9,11H,3-6,8,10,15H2,1-2H3. The Kier molecular flexibility index (Phi) is 6.10. The van der Waals surface area contributed by atoms with Crippen LogP contribution in [0.1, 0.15) is 50.7 Å². The van der Waals surface area contributed by atoms with Crippen LogP contribution in [0.15, 0.2) is 18.2 Å². The number of aryl methyl sites for hydroxylation is 1. The third-order valence-corrected chi connectivity index (χ3v) is 4.02. The van der Waals surface area contributed by atoms with E-state index in [0.717, 1.165) is 0 Å². The molecule has 0 saturated heterocycles. The Labute approximate surface area is 103 Å². The zero-order valence-corrected chi connectivity index (χ0v) is 12.5. The molecule has 0 fully saturated rings. The summed E-state index contributed by atoms with van der Waals surface area (Å²) in [6, 6.07) is 6.82. The normalized spacial score (nSPS) is 10.6. The number of benzene rings is 1. The minimum absolute atomic E-state index is 1.27. The summed E-state index contributed by atoms with van der Waals surface area (Å²) < 4.78 is 1.55. The van der Waals surface area contributed by atoms with Crippen LogP contribution in [-0.4, -0.2) is 16.9 Å². The van der Waals surface area contributed by atoms with Gasteiger partial charge in [0.2, 0.25) is 0 Å². The van der Waals surface area contributed by atoms with Gasteiger partial charge in [0.25, 0.3) is 0 Å². The maximum atomic E-state index is 2.32. The van der Waals surface area contributed by atoms with Crippen LogP contribution in [0.2, 0.25) is 0 Å². The average Bonchev–Trinajstić information content (AvgIpc) is 2.25. The van der Waals surface area contributed by atoms with E-state index in [0.29, 0.717) is 0 Å². The molecule has 1 rings (SSSR count). The van der Waals surface area contributed by atoms with E-state index < -0.39 is 0 Å². The van der Waals surface area contributed by atoms with Crippen molar-refractivity contribution in [1.82, 2.24) is 0 Å². The molecule has 1 heteroatoms. The minimum atomic E-state index is 1.27. The summed E-state index contributed by atoms with van der Waals surface area (Å²) in [5.74, 6) is 0. The molecule has 1 aromatic rings. The van der Waals surface area contributed by atoms with Crippen LogP contribution >= 0.6 is 0 Å². The summed E-state index contributed by atoms with van der Waals surface area (Å²) in [6.45, 7) is 4.54. The summed E-state index contributed by atoms with van der Waals surface area (Å²) in [4.78, 5) is 0. The van der Waals surface area contributed by atoms with Gasteiger partial charge in [-0.25, -0.2) is 0 Å². The molecule has 0 saturated carbocycles. The van der Waals surface area contributed by atoms with Crippen molar-refractivity contribution in [2.24, 2.45) is 0 Å². The van der Waals surface area contributed by atoms with Gasteiger partial charge in [-0.15, -0.1) is 0 Å².